The topological polar surface area (TPSA) is 73.3 Å². The first-order valence-electron chi connectivity index (χ1n) is 3.67. The van der Waals surface area contributed by atoms with Crippen molar-refractivity contribution in [3.63, 3.8) is 0 Å². The fourth-order valence-electron chi connectivity index (χ4n) is 0.967. The standard InChI is InChI=1S/C7H13N3O2/c1-12-5-6(11)4-10-3-2-9-7(10)8/h2-3,6,11H,4-5H2,1H3,(H2,8,9). The van der Waals surface area contributed by atoms with Gasteiger partial charge in [0.25, 0.3) is 0 Å². The van der Waals surface area contributed by atoms with Gasteiger partial charge < -0.3 is 20.1 Å². The van der Waals surface area contributed by atoms with Crippen LogP contribution in [0.1, 0.15) is 0 Å². The van der Waals surface area contributed by atoms with Crippen LogP contribution in [-0.4, -0.2) is 34.5 Å². The molecule has 1 heterocycles. The number of hydrogen-bond donors (Lipinski definition) is 2. The van der Waals surface area contributed by atoms with E-state index in [0.717, 1.165) is 0 Å². The van der Waals surface area contributed by atoms with Gasteiger partial charge >= 0.3 is 0 Å². The summed E-state index contributed by atoms with van der Waals surface area (Å²) in [6, 6.07) is 0. The van der Waals surface area contributed by atoms with Crippen LogP contribution in [-0.2, 0) is 11.3 Å². The number of hydrogen-bond acceptors (Lipinski definition) is 4. The molecule has 5 nitrogen and oxygen atoms in total. The van der Waals surface area contributed by atoms with Gasteiger partial charge in [-0.25, -0.2) is 4.98 Å². The van der Waals surface area contributed by atoms with Gasteiger partial charge in [0.15, 0.2) is 5.95 Å². The van der Waals surface area contributed by atoms with Gasteiger partial charge in [-0.05, 0) is 0 Å². The van der Waals surface area contributed by atoms with E-state index in [9.17, 15) is 5.11 Å². The lowest BCUT2D eigenvalue weighted by Gasteiger charge is -2.10. The predicted octanol–water partition coefficient (Wildman–Crippen LogP) is -0.527. The molecule has 1 unspecified atom stereocenters. The molecule has 0 aliphatic heterocycles. The van der Waals surface area contributed by atoms with E-state index in [2.05, 4.69) is 4.98 Å². The minimum atomic E-state index is -0.536. The van der Waals surface area contributed by atoms with Gasteiger partial charge in [0.2, 0.25) is 0 Å². The highest BCUT2D eigenvalue weighted by Crippen LogP contribution is 2.00. The van der Waals surface area contributed by atoms with Gasteiger partial charge in [-0.2, -0.15) is 0 Å². The average molecular weight is 171 g/mol. The lowest BCUT2D eigenvalue weighted by molar-refractivity contribution is 0.0540. The number of rotatable bonds is 4. The van der Waals surface area contributed by atoms with Gasteiger partial charge in [-0.15, -0.1) is 0 Å². The van der Waals surface area contributed by atoms with E-state index < -0.39 is 6.10 Å². The lowest BCUT2D eigenvalue weighted by Crippen LogP contribution is -2.21. The number of anilines is 1. The van der Waals surface area contributed by atoms with Crippen LogP contribution >= 0.6 is 0 Å². The van der Waals surface area contributed by atoms with Crippen molar-refractivity contribution in [1.82, 2.24) is 9.55 Å². The molecule has 5 heteroatoms. The van der Waals surface area contributed by atoms with Crippen molar-refractivity contribution in [3.8, 4) is 0 Å². The Labute approximate surface area is 70.8 Å². The highest BCUT2D eigenvalue weighted by Gasteiger charge is 2.05. The smallest absolute Gasteiger partial charge is 0.200 e. The normalized spacial score (nSPS) is 13.2. The third kappa shape index (κ3) is 2.21. The molecule has 0 amide bonds. The number of nitrogens with zero attached hydrogens (tertiary/aromatic N) is 2. The van der Waals surface area contributed by atoms with Crippen LogP contribution in [0.2, 0.25) is 0 Å². The van der Waals surface area contributed by atoms with Crippen molar-refractivity contribution in [1.29, 1.82) is 0 Å². The zero-order valence-electron chi connectivity index (χ0n) is 6.97. The minimum absolute atomic E-state index is 0.303. The molecule has 0 spiro atoms. The van der Waals surface area contributed by atoms with E-state index in [1.807, 2.05) is 0 Å². The third-order valence-electron chi connectivity index (χ3n) is 1.51. The Bertz CT molecular complexity index is 236. The number of nitrogen functional groups attached to an aromatic ring is 1. The van der Waals surface area contributed by atoms with Crippen LogP contribution in [0.3, 0.4) is 0 Å². The van der Waals surface area contributed by atoms with Gasteiger partial charge in [-0.3, -0.25) is 0 Å². The number of nitrogens with two attached hydrogens (primary N) is 1. The molecule has 0 radical (unpaired) electrons. The summed E-state index contributed by atoms with van der Waals surface area (Å²) in [5.41, 5.74) is 5.48. The maximum atomic E-state index is 9.32. The summed E-state index contributed by atoms with van der Waals surface area (Å²) < 4.78 is 6.44. The molecular weight excluding hydrogens is 158 g/mol. The lowest BCUT2D eigenvalue weighted by atomic mass is 10.4. The zero-order chi connectivity index (χ0) is 8.97. The second-order valence-electron chi connectivity index (χ2n) is 2.55. The van der Waals surface area contributed by atoms with Crippen molar-refractivity contribution in [2.75, 3.05) is 19.5 Å². The number of aromatic nitrogens is 2. The van der Waals surface area contributed by atoms with Crippen molar-refractivity contribution < 1.29 is 9.84 Å². The molecule has 1 atom stereocenters. The van der Waals surface area contributed by atoms with Gasteiger partial charge in [0.1, 0.15) is 0 Å². The van der Waals surface area contributed by atoms with Gasteiger partial charge in [-0.1, -0.05) is 0 Å². The van der Waals surface area contributed by atoms with Crippen molar-refractivity contribution in [2.24, 2.45) is 0 Å². The highest BCUT2D eigenvalue weighted by atomic mass is 16.5. The molecule has 68 valence electrons. The molecule has 1 aromatic rings. The minimum Gasteiger partial charge on any atom is -0.389 e. The zero-order valence-corrected chi connectivity index (χ0v) is 6.97. The SMILES string of the molecule is COCC(O)Cn1ccnc1N. The van der Waals surface area contributed by atoms with Crippen LogP contribution in [0, 0.1) is 0 Å². The Morgan fingerprint density at radius 3 is 3.08 bits per heavy atom. The highest BCUT2D eigenvalue weighted by molar-refractivity contribution is 5.16. The van der Waals surface area contributed by atoms with E-state index >= 15 is 0 Å². The Balaban J connectivity index is 2.46. The van der Waals surface area contributed by atoms with E-state index in [0.29, 0.717) is 19.1 Å². The fraction of sp³-hybridized carbons (Fsp3) is 0.571. The van der Waals surface area contributed by atoms with Crippen molar-refractivity contribution in [3.05, 3.63) is 12.4 Å². The quantitative estimate of drug-likeness (QED) is 0.639. The van der Waals surface area contributed by atoms with E-state index in [1.54, 1.807) is 24.1 Å². The summed E-state index contributed by atoms with van der Waals surface area (Å²) in [6.45, 7) is 0.720. The molecule has 12 heavy (non-hydrogen) atoms. The fourth-order valence-corrected chi connectivity index (χ4v) is 0.967. The number of aliphatic hydroxyl groups is 1. The molecule has 0 aliphatic rings. The number of imidazole rings is 1. The summed E-state index contributed by atoms with van der Waals surface area (Å²) in [6.07, 6.45) is 2.77. The summed E-state index contributed by atoms with van der Waals surface area (Å²) >= 11 is 0. The Morgan fingerprint density at radius 1 is 1.83 bits per heavy atom. The second kappa shape index (κ2) is 4.08. The Hall–Kier alpha value is -1.07. The molecule has 0 aliphatic carbocycles. The van der Waals surface area contributed by atoms with E-state index in [-0.39, 0.29) is 0 Å². The van der Waals surface area contributed by atoms with Crippen molar-refractivity contribution >= 4 is 5.95 Å². The van der Waals surface area contributed by atoms with Crippen LogP contribution in [0.5, 0.6) is 0 Å². The summed E-state index contributed by atoms with van der Waals surface area (Å²) in [7, 11) is 1.54. The molecule has 0 fully saturated rings. The molecule has 0 bridgehead atoms. The average Bonchev–Trinajstić information content (AvgIpc) is 2.37. The first-order chi connectivity index (χ1) is 5.74. The van der Waals surface area contributed by atoms with E-state index in [1.165, 1.54) is 0 Å². The van der Waals surface area contributed by atoms with Crippen LogP contribution in [0.25, 0.3) is 0 Å². The van der Waals surface area contributed by atoms with Gasteiger partial charge in [0.05, 0.1) is 19.3 Å². The number of methoxy groups -OCH3 is 1. The molecule has 3 N–H and O–H groups in total. The molecule has 0 saturated heterocycles. The van der Waals surface area contributed by atoms with Gasteiger partial charge in [0, 0.05) is 19.5 Å². The summed E-state index contributed by atoms with van der Waals surface area (Å²) in [5, 5.41) is 9.32. The van der Waals surface area contributed by atoms with Crippen LogP contribution in [0.4, 0.5) is 5.95 Å². The number of aliphatic hydroxyl groups excluding tert-OH is 1. The second-order valence-corrected chi connectivity index (χ2v) is 2.55. The molecule has 0 aromatic carbocycles. The Kier molecular flexibility index (Phi) is 3.07. The molecular formula is C7H13N3O2. The molecule has 1 aromatic heterocycles. The third-order valence-corrected chi connectivity index (χ3v) is 1.51. The number of ether oxygens (including phenoxy) is 1. The maximum absolute atomic E-state index is 9.32. The first-order valence-corrected chi connectivity index (χ1v) is 3.67. The molecule has 0 saturated carbocycles. The van der Waals surface area contributed by atoms with Crippen LogP contribution in [0.15, 0.2) is 12.4 Å². The molecule has 1 rings (SSSR count). The predicted molar refractivity (Wildman–Crippen MR) is 44.5 cm³/mol. The Morgan fingerprint density at radius 2 is 2.58 bits per heavy atom. The van der Waals surface area contributed by atoms with Crippen LogP contribution < -0.4 is 5.73 Å². The monoisotopic (exact) mass is 171 g/mol. The van der Waals surface area contributed by atoms with Crippen molar-refractivity contribution in [2.45, 2.75) is 12.6 Å². The largest absolute Gasteiger partial charge is 0.389 e. The summed E-state index contributed by atoms with van der Waals surface area (Å²) in [5.74, 6) is 0.408. The van der Waals surface area contributed by atoms with E-state index in [4.69, 9.17) is 10.5 Å². The summed E-state index contributed by atoms with van der Waals surface area (Å²) in [4.78, 5) is 3.82. The first kappa shape index (κ1) is 9.02. The maximum Gasteiger partial charge on any atom is 0.200 e.